The second kappa shape index (κ2) is 3.61. The highest BCUT2D eigenvalue weighted by molar-refractivity contribution is 5.74. The Bertz CT molecular complexity index is 495. The molecule has 0 saturated heterocycles. The topological polar surface area (TPSA) is 59.1 Å². The van der Waals surface area contributed by atoms with E-state index in [9.17, 15) is 5.11 Å². The number of rotatable bonds is 1. The Morgan fingerprint density at radius 1 is 1.20 bits per heavy atom. The van der Waals surface area contributed by atoms with E-state index in [4.69, 9.17) is 5.73 Å². The number of aromatic nitrogens is 1. The summed E-state index contributed by atoms with van der Waals surface area (Å²) in [5.74, 6) is 0.195. The summed E-state index contributed by atoms with van der Waals surface area (Å²) in [6, 6.07) is 8.88. The molecule has 1 aromatic carbocycles. The van der Waals surface area contributed by atoms with Crippen molar-refractivity contribution in [1.82, 2.24) is 4.98 Å². The number of benzene rings is 1. The van der Waals surface area contributed by atoms with E-state index in [1.807, 2.05) is 25.1 Å². The molecule has 15 heavy (non-hydrogen) atoms. The van der Waals surface area contributed by atoms with Crippen LogP contribution in [0.5, 0.6) is 5.75 Å². The van der Waals surface area contributed by atoms with Gasteiger partial charge in [-0.2, -0.15) is 0 Å². The number of nitrogen functional groups attached to an aromatic ring is 1. The van der Waals surface area contributed by atoms with Crippen molar-refractivity contribution in [2.24, 2.45) is 0 Å². The Kier molecular flexibility index (Phi) is 2.29. The summed E-state index contributed by atoms with van der Waals surface area (Å²) >= 11 is 0. The molecule has 0 bridgehead atoms. The Morgan fingerprint density at radius 2 is 2.00 bits per heavy atom. The minimum absolute atomic E-state index is 0.195. The minimum atomic E-state index is 0.195. The maximum atomic E-state index is 9.35. The Labute approximate surface area is 88.2 Å². The molecule has 0 aliphatic heterocycles. The van der Waals surface area contributed by atoms with Gasteiger partial charge in [-0.25, -0.2) is 0 Å². The van der Waals surface area contributed by atoms with Gasteiger partial charge in [0.25, 0.3) is 0 Å². The minimum Gasteiger partial charge on any atom is -0.508 e. The van der Waals surface area contributed by atoms with Gasteiger partial charge in [-0.1, -0.05) is 11.6 Å². The van der Waals surface area contributed by atoms with Crippen LogP contribution < -0.4 is 5.73 Å². The summed E-state index contributed by atoms with van der Waals surface area (Å²) in [7, 11) is 0. The molecule has 0 amide bonds. The quantitative estimate of drug-likeness (QED) is 0.694. The molecular formula is C12H12N2O. The number of aromatic hydroxyl groups is 1. The van der Waals surface area contributed by atoms with Crippen LogP contribution >= 0.6 is 0 Å². The van der Waals surface area contributed by atoms with Crippen LogP contribution in [0, 0.1) is 6.92 Å². The average Bonchev–Trinajstić information content (AvgIpc) is 2.22. The van der Waals surface area contributed by atoms with Gasteiger partial charge in [0.15, 0.2) is 0 Å². The maximum absolute atomic E-state index is 9.35. The van der Waals surface area contributed by atoms with Gasteiger partial charge in [-0.15, -0.1) is 0 Å². The second-order valence-electron chi connectivity index (χ2n) is 3.49. The van der Waals surface area contributed by atoms with E-state index in [-0.39, 0.29) is 5.75 Å². The average molecular weight is 200 g/mol. The van der Waals surface area contributed by atoms with Crippen LogP contribution in [-0.4, -0.2) is 10.1 Å². The smallest absolute Gasteiger partial charge is 0.119 e. The van der Waals surface area contributed by atoms with E-state index in [2.05, 4.69) is 4.98 Å². The first-order chi connectivity index (χ1) is 7.16. The zero-order valence-corrected chi connectivity index (χ0v) is 8.44. The van der Waals surface area contributed by atoms with E-state index < -0.39 is 0 Å². The van der Waals surface area contributed by atoms with Crippen molar-refractivity contribution in [2.75, 3.05) is 5.73 Å². The summed E-state index contributed by atoms with van der Waals surface area (Å²) in [4.78, 5) is 4.17. The molecule has 0 atom stereocenters. The molecule has 1 aromatic heterocycles. The normalized spacial score (nSPS) is 10.2. The molecule has 3 heteroatoms. The predicted octanol–water partition coefficient (Wildman–Crippen LogP) is 2.34. The van der Waals surface area contributed by atoms with E-state index in [1.165, 1.54) is 6.07 Å². The molecule has 76 valence electrons. The second-order valence-corrected chi connectivity index (χ2v) is 3.49. The molecule has 2 rings (SSSR count). The number of pyridine rings is 1. The van der Waals surface area contributed by atoms with Gasteiger partial charge in [0.1, 0.15) is 5.75 Å². The van der Waals surface area contributed by atoms with Crippen LogP contribution in [0.25, 0.3) is 11.3 Å². The van der Waals surface area contributed by atoms with Crippen molar-refractivity contribution in [3.8, 4) is 17.0 Å². The summed E-state index contributed by atoms with van der Waals surface area (Å²) in [6.45, 7) is 1.99. The lowest BCUT2D eigenvalue weighted by Crippen LogP contribution is -1.92. The number of nitrogens with zero attached hydrogens (tertiary/aromatic N) is 1. The lowest BCUT2D eigenvalue weighted by molar-refractivity contribution is 0.475. The summed E-state index contributed by atoms with van der Waals surface area (Å²) in [6.07, 6.45) is 1.56. The van der Waals surface area contributed by atoms with Gasteiger partial charge in [-0.05, 0) is 25.1 Å². The fourth-order valence-electron chi connectivity index (χ4n) is 1.46. The van der Waals surface area contributed by atoms with Crippen molar-refractivity contribution in [3.63, 3.8) is 0 Å². The molecule has 0 unspecified atom stereocenters. The molecule has 1 heterocycles. The van der Waals surface area contributed by atoms with E-state index in [0.717, 1.165) is 11.1 Å². The Balaban J connectivity index is 2.58. The lowest BCUT2D eigenvalue weighted by atomic mass is 10.1. The van der Waals surface area contributed by atoms with Gasteiger partial charge < -0.3 is 10.8 Å². The summed E-state index contributed by atoms with van der Waals surface area (Å²) in [5.41, 5.74) is 9.17. The Morgan fingerprint density at radius 3 is 2.73 bits per heavy atom. The molecule has 2 aromatic rings. The zero-order valence-electron chi connectivity index (χ0n) is 8.44. The van der Waals surface area contributed by atoms with Crippen molar-refractivity contribution < 1.29 is 5.11 Å². The monoisotopic (exact) mass is 200 g/mol. The highest BCUT2D eigenvalue weighted by atomic mass is 16.3. The molecule has 0 fully saturated rings. The highest BCUT2D eigenvalue weighted by Crippen LogP contribution is 2.26. The standard InChI is InChI=1S/C12H12N2O/c1-8-2-3-11(13)10(6-8)12-7-9(15)4-5-14-12/h2-7H,13H2,1H3,(H,14,15). The van der Waals surface area contributed by atoms with Crippen molar-refractivity contribution in [1.29, 1.82) is 0 Å². The molecule has 0 saturated carbocycles. The van der Waals surface area contributed by atoms with E-state index >= 15 is 0 Å². The first-order valence-corrected chi connectivity index (χ1v) is 4.68. The number of aryl methyl sites for hydroxylation is 1. The summed E-state index contributed by atoms with van der Waals surface area (Å²) < 4.78 is 0. The molecule has 0 spiro atoms. The van der Waals surface area contributed by atoms with Crippen molar-refractivity contribution in [3.05, 3.63) is 42.1 Å². The summed E-state index contributed by atoms with van der Waals surface area (Å²) in [5, 5.41) is 9.35. The number of nitrogens with two attached hydrogens (primary N) is 1. The highest BCUT2D eigenvalue weighted by Gasteiger charge is 2.04. The van der Waals surface area contributed by atoms with Crippen molar-refractivity contribution >= 4 is 5.69 Å². The Hall–Kier alpha value is -2.03. The van der Waals surface area contributed by atoms with E-state index in [1.54, 1.807) is 12.3 Å². The zero-order chi connectivity index (χ0) is 10.8. The first-order valence-electron chi connectivity index (χ1n) is 4.68. The number of hydrogen-bond donors (Lipinski definition) is 2. The fraction of sp³-hybridized carbons (Fsp3) is 0.0833. The van der Waals surface area contributed by atoms with Crippen LogP contribution in [0.2, 0.25) is 0 Å². The van der Waals surface area contributed by atoms with Crippen LogP contribution in [0.4, 0.5) is 5.69 Å². The van der Waals surface area contributed by atoms with Crippen LogP contribution in [-0.2, 0) is 0 Å². The molecule has 3 nitrogen and oxygen atoms in total. The number of hydrogen-bond acceptors (Lipinski definition) is 3. The third-order valence-electron chi connectivity index (χ3n) is 2.23. The molecule has 0 aliphatic rings. The molecule has 0 radical (unpaired) electrons. The van der Waals surface area contributed by atoms with Crippen LogP contribution in [0.3, 0.4) is 0 Å². The lowest BCUT2D eigenvalue weighted by Gasteiger charge is -2.06. The van der Waals surface area contributed by atoms with Gasteiger partial charge in [0.2, 0.25) is 0 Å². The molecule has 0 aliphatic carbocycles. The van der Waals surface area contributed by atoms with E-state index in [0.29, 0.717) is 11.4 Å². The van der Waals surface area contributed by atoms with Crippen molar-refractivity contribution in [2.45, 2.75) is 6.92 Å². The fourth-order valence-corrected chi connectivity index (χ4v) is 1.46. The van der Waals surface area contributed by atoms with Crippen LogP contribution in [0.15, 0.2) is 36.5 Å². The molecular weight excluding hydrogens is 188 g/mol. The third-order valence-corrected chi connectivity index (χ3v) is 2.23. The largest absolute Gasteiger partial charge is 0.508 e. The third kappa shape index (κ3) is 1.91. The molecule has 3 N–H and O–H groups in total. The maximum Gasteiger partial charge on any atom is 0.119 e. The van der Waals surface area contributed by atoms with Crippen LogP contribution in [0.1, 0.15) is 5.56 Å². The first kappa shape index (κ1) is 9.52. The van der Waals surface area contributed by atoms with Gasteiger partial charge in [-0.3, -0.25) is 4.98 Å². The van der Waals surface area contributed by atoms with Gasteiger partial charge in [0, 0.05) is 23.5 Å². The predicted molar refractivity (Wildman–Crippen MR) is 60.5 cm³/mol. The van der Waals surface area contributed by atoms with Gasteiger partial charge in [0.05, 0.1) is 5.69 Å². The SMILES string of the molecule is Cc1ccc(N)c(-c2cc(O)ccn2)c1. The van der Waals surface area contributed by atoms with Gasteiger partial charge >= 0.3 is 0 Å². The number of anilines is 1.